The van der Waals surface area contributed by atoms with E-state index in [-0.39, 0.29) is 5.75 Å². The summed E-state index contributed by atoms with van der Waals surface area (Å²) in [4.78, 5) is 12.7. The van der Waals surface area contributed by atoms with E-state index in [0.29, 0.717) is 13.0 Å². The maximum absolute atomic E-state index is 13.5. The Kier molecular flexibility index (Phi) is 5.09. The molecule has 0 saturated carbocycles. The highest BCUT2D eigenvalue weighted by Crippen LogP contribution is 2.19. The van der Waals surface area contributed by atoms with Crippen LogP contribution in [0.3, 0.4) is 0 Å². The molecule has 100 valence electrons. The van der Waals surface area contributed by atoms with Crippen molar-refractivity contribution in [2.45, 2.75) is 25.9 Å². The van der Waals surface area contributed by atoms with Gasteiger partial charge in [0, 0.05) is 6.54 Å². The minimum atomic E-state index is -0.867. The number of likely N-dealkylation sites (N-methyl/N-ethyl adjacent to an activating group) is 1. The number of ether oxygens (including phenoxy) is 1. The molecule has 1 N–H and O–H groups in total. The van der Waals surface area contributed by atoms with Crippen LogP contribution in [-0.2, 0) is 11.3 Å². The zero-order valence-corrected chi connectivity index (χ0v) is 10.8. The summed E-state index contributed by atoms with van der Waals surface area (Å²) in [6.45, 7) is 2.19. The molecule has 1 aromatic carbocycles. The molecule has 0 radical (unpaired) electrons. The summed E-state index contributed by atoms with van der Waals surface area (Å²) in [5.74, 6) is -1.12. The molecular weight excluding hydrogens is 237 g/mol. The van der Waals surface area contributed by atoms with Crippen LogP contribution in [0.1, 0.15) is 18.9 Å². The first-order valence-electron chi connectivity index (χ1n) is 5.75. The molecule has 1 unspecified atom stereocenters. The predicted octanol–water partition coefficient (Wildman–Crippen LogP) is 2.13. The van der Waals surface area contributed by atoms with E-state index in [4.69, 9.17) is 9.84 Å². The predicted molar refractivity (Wildman–Crippen MR) is 66.1 cm³/mol. The van der Waals surface area contributed by atoms with Gasteiger partial charge in [-0.05, 0) is 31.2 Å². The topological polar surface area (TPSA) is 49.8 Å². The highest BCUT2D eigenvalue weighted by atomic mass is 19.1. The van der Waals surface area contributed by atoms with Gasteiger partial charge in [-0.1, -0.05) is 13.0 Å². The quantitative estimate of drug-likeness (QED) is 0.846. The largest absolute Gasteiger partial charge is 0.494 e. The van der Waals surface area contributed by atoms with Crippen LogP contribution in [0.25, 0.3) is 0 Å². The molecule has 5 heteroatoms. The number of hydrogen-bond acceptors (Lipinski definition) is 3. The standard InChI is InChI=1S/C13H18FNO3/c1-4-11(13(16)17)15(2)8-9-5-6-12(18-3)10(14)7-9/h5-7,11H,4,8H2,1-3H3,(H,16,17). The molecule has 0 aliphatic heterocycles. The molecule has 0 saturated heterocycles. The Morgan fingerprint density at radius 2 is 2.22 bits per heavy atom. The van der Waals surface area contributed by atoms with Gasteiger partial charge in [0.15, 0.2) is 11.6 Å². The van der Waals surface area contributed by atoms with E-state index in [1.807, 2.05) is 6.92 Å². The van der Waals surface area contributed by atoms with Crippen molar-refractivity contribution in [3.8, 4) is 5.75 Å². The molecule has 1 atom stereocenters. The number of carbonyl (C=O) groups is 1. The van der Waals surface area contributed by atoms with Gasteiger partial charge < -0.3 is 9.84 Å². The van der Waals surface area contributed by atoms with Crippen molar-refractivity contribution in [1.82, 2.24) is 4.90 Å². The Morgan fingerprint density at radius 3 is 2.67 bits per heavy atom. The van der Waals surface area contributed by atoms with E-state index in [9.17, 15) is 9.18 Å². The van der Waals surface area contributed by atoms with Crippen molar-refractivity contribution in [3.05, 3.63) is 29.6 Å². The minimum Gasteiger partial charge on any atom is -0.494 e. The number of nitrogens with zero attached hydrogens (tertiary/aromatic N) is 1. The molecule has 0 fully saturated rings. The zero-order chi connectivity index (χ0) is 13.7. The monoisotopic (exact) mass is 255 g/mol. The van der Waals surface area contributed by atoms with Crippen LogP contribution in [0.4, 0.5) is 4.39 Å². The average molecular weight is 255 g/mol. The van der Waals surface area contributed by atoms with Crippen LogP contribution in [-0.4, -0.2) is 36.2 Å². The van der Waals surface area contributed by atoms with Crippen LogP contribution in [0.15, 0.2) is 18.2 Å². The molecule has 18 heavy (non-hydrogen) atoms. The van der Waals surface area contributed by atoms with Gasteiger partial charge >= 0.3 is 5.97 Å². The van der Waals surface area contributed by atoms with Crippen molar-refractivity contribution < 1.29 is 19.0 Å². The number of halogens is 1. The lowest BCUT2D eigenvalue weighted by atomic mass is 10.1. The number of hydrogen-bond donors (Lipinski definition) is 1. The first kappa shape index (κ1) is 14.4. The van der Waals surface area contributed by atoms with Crippen LogP contribution in [0, 0.1) is 5.82 Å². The second kappa shape index (κ2) is 6.35. The van der Waals surface area contributed by atoms with E-state index in [0.717, 1.165) is 5.56 Å². The molecule has 0 spiro atoms. The third-order valence-corrected chi connectivity index (χ3v) is 2.85. The SMILES string of the molecule is CCC(C(=O)O)N(C)Cc1ccc(OC)c(F)c1. The molecule has 0 amide bonds. The smallest absolute Gasteiger partial charge is 0.320 e. The summed E-state index contributed by atoms with van der Waals surface area (Å²) in [6, 6.07) is 4.08. The Bertz CT molecular complexity index is 423. The molecule has 1 aromatic rings. The van der Waals surface area contributed by atoms with E-state index < -0.39 is 17.8 Å². The van der Waals surface area contributed by atoms with Gasteiger partial charge in [0.05, 0.1) is 7.11 Å². The number of methoxy groups -OCH3 is 1. The first-order valence-corrected chi connectivity index (χ1v) is 5.75. The fourth-order valence-electron chi connectivity index (χ4n) is 1.88. The van der Waals surface area contributed by atoms with Gasteiger partial charge in [0.2, 0.25) is 0 Å². The highest BCUT2D eigenvalue weighted by Gasteiger charge is 2.20. The maximum Gasteiger partial charge on any atom is 0.320 e. The molecule has 0 aliphatic carbocycles. The third-order valence-electron chi connectivity index (χ3n) is 2.85. The van der Waals surface area contributed by atoms with Gasteiger partial charge in [-0.15, -0.1) is 0 Å². The maximum atomic E-state index is 13.5. The lowest BCUT2D eigenvalue weighted by Gasteiger charge is -2.23. The van der Waals surface area contributed by atoms with E-state index in [2.05, 4.69) is 0 Å². The minimum absolute atomic E-state index is 0.187. The lowest BCUT2D eigenvalue weighted by molar-refractivity contribution is -0.143. The van der Waals surface area contributed by atoms with Gasteiger partial charge in [0.1, 0.15) is 6.04 Å². The third kappa shape index (κ3) is 3.43. The second-order valence-corrected chi connectivity index (χ2v) is 4.15. The summed E-state index contributed by atoms with van der Waals surface area (Å²) in [5.41, 5.74) is 0.718. The Hall–Kier alpha value is -1.62. The van der Waals surface area contributed by atoms with Gasteiger partial charge in [-0.3, -0.25) is 9.69 Å². The second-order valence-electron chi connectivity index (χ2n) is 4.15. The summed E-state index contributed by atoms with van der Waals surface area (Å²) < 4.78 is 18.3. The molecule has 0 aromatic heterocycles. The van der Waals surface area contributed by atoms with Crippen molar-refractivity contribution >= 4 is 5.97 Å². The normalized spacial score (nSPS) is 12.5. The number of rotatable bonds is 6. The Balaban J connectivity index is 2.78. The summed E-state index contributed by atoms with van der Waals surface area (Å²) >= 11 is 0. The molecular formula is C13H18FNO3. The molecule has 1 rings (SSSR count). The summed E-state index contributed by atoms with van der Waals surface area (Å²) in [5, 5.41) is 9.02. The Morgan fingerprint density at radius 1 is 1.56 bits per heavy atom. The average Bonchev–Trinajstić information content (AvgIpc) is 2.29. The fraction of sp³-hybridized carbons (Fsp3) is 0.462. The van der Waals surface area contributed by atoms with E-state index in [1.54, 1.807) is 24.1 Å². The van der Waals surface area contributed by atoms with Gasteiger partial charge in [0.25, 0.3) is 0 Å². The molecule has 0 heterocycles. The van der Waals surface area contributed by atoms with E-state index >= 15 is 0 Å². The van der Waals surface area contributed by atoms with Crippen LogP contribution < -0.4 is 4.74 Å². The molecule has 0 aliphatic rings. The van der Waals surface area contributed by atoms with Crippen molar-refractivity contribution in [1.29, 1.82) is 0 Å². The summed E-state index contributed by atoms with van der Waals surface area (Å²) in [6.07, 6.45) is 0.504. The van der Waals surface area contributed by atoms with Gasteiger partial charge in [-0.2, -0.15) is 0 Å². The first-order chi connectivity index (χ1) is 8.49. The fourth-order valence-corrected chi connectivity index (χ4v) is 1.88. The summed E-state index contributed by atoms with van der Waals surface area (Å²) in [7, 11) is 3.12. The van der Waals surface area contributed by atoms with E-state index in [1.165, 1.54) is 13.2 Å². The van der Waals surface area contributed by atoms with Crippen molar-refractivity contribution in [3.63, 3.8) is 0 Å². The van der Waals surface area contributed by atoms with Crippen molar-refractivity contribution in [2.75, 3.05) is 14.2 Å². The number of benzene rings is 1. The molecule has 4 nitrogen and oxygen atoms in total. The number of carboxylic acids is 1. The number of carboxylic acid groups (broad SMARTS) is 1. The number of aliphatic carboxylic acids is 1. The molecule has 0 bridgehead atoms. The highest BCUT2D eigenvalue weighted by molar-refractivity contribution is 5.73. The zero-order valence-electron chi connectivity index (χ0n) is 10.8. The Labute approximate surface area is 106 Å². The lowest BCUT2D eigenvalue weighted by Crippen LogP contribution is -2.37. The van der Waals surface area contributed by atoms with Crippen LogP contribution >= 0.6 is 0 Å². The van der Waals surface area contributed by atoms with Crippen molar-refractivity contribution in [2.24, 2.45) is 0 Å². The van der Waals surface area contributed by atoms with Gasteiger partial charge in [-0.25, -0.2) is 4.39 Å². The van der Waals surface area contributed by atoms with Crippen LogP contribution in [0.2, 0.25) is 0 Å². The van der Waals surface area contributed by atoms with Crippen LogP contribution in [0.5, 0.6) is 5.75 Å².